The van der Waals surface area contributed by atoms with Crippen molar-refractivity contribution >= 4 is 11.3 Å². The average Bonchev–Trinajstić information content (AvgIpc) is 2.81. The molecule has 0 saturated carbocycles. The maximum Gasteiger partial charge on any atom is 0.0897 e. The van der Waals surface area contributed by atoms with Gasteiger partial charge in [-0.2, -0.15) is 0 Å². The summed E-state index contributed by atoms with van der Waals surface area (Å²) in [4.78, 5) is 5.14. The van der Waals surface area contributed by atoms with Crippen LogP contribution in [-0.2, 0) is 16.0 Å². The van der Waals surface area contributed by atoms with Gasteiger partial charge in [0.25, 0.3) is 0 Å². The van der Waals surface area contributed by atoms with Crippen molar-refractivity contribution < 1.29 is 14.6 Å². The van der Waals surface area contributed by atoms with Gasteiger partial charge in [-0.3, -0.25) is 4.98 Å². The molecular formula is C12H22N2O3S. The molecule has 6 heteroatoms. The summed E-state index contributed by atoms with van der Waals surface area (Å²) in [5.41, 5.74) is 1.80. The fourth-order valence-corrected chi connectivity index (χ4v) is 1.88. The maximum atomic E-state index is 9.65. The molecule has 0 aliphatic rings. The van der Waals surface area contributed by atoms with Crippen molar-refractivity contribution in [3.63, 3.8) is 0 Å². The van der Waals surface area contributed by atoms with E-state index in [1.807, 2.05) is 20.0 Å². The van der Waals surface area contributed by atoms with Crippen LogP contribution in [0, 0.1) is 0 Å². The van der Waals surface area contributed by atoms with Crippen molar-refractivity contribution in [3.05, 3.63) is 16.6 Å². The molecule has 0 amide bonds. The number of thiazole rings is 1. The Hall–Kier alpha value is -0.530. The molecule has 0 bridgehead atoms. The minimum Gasteiger partial charge on any atom is -0.389 e. The quantitative estimate of drug-likeness (QED) is 0.624. The predicted molar refractivity (Wildman–Crippen MR) is 71.7 cm³/mol. The number of aliphatic hydroxyl groups excluding tert-OH is 1. The van der Waals surface area contributed by atoms with Gasteiger partial charge in [-0.05, 0) is 13.8 Å². The molecule has 1 atom stereocenters. The third kappa shape index (κ3) is 7.73. The minimum atomic E-state index is -0.489. The van der Waals surface area contributed by atoms with Crippen LogP contribution in [0.4, 0.5) is 0 Å². The van der Waals surface area contributed by atoms with Gasteiger partial charge in [0.2, 0.25) is 0 Å². The lowest BCUT2D eigenvalue weighted by molar-refractivity contribution is -0.00999. The zero-order valence-corrected chi connectivity index (χ0v) is 11.8. The Morgan fingerprint density at radius 1 is 1.44 bits per heavy atom. The van der Waals surface area contributed by atoms with Crippen LogP contribution in [0.1, 0.15) is 18.7 Å². The number of aliphatic hydroxyl groups is 1. The molecule has 104 valence electrons. The van der Waals surface area contributed by atoms with Gasteiger partial charge in [0.15, 0.2) is 0 Å². The molecule has 0 saturated heterocycles. The van der Waals surface area contributed by atoms with E-state index in [1.54, 1.807) is 16.8 Å². The smallest absolute Gasteiger partial charge is 0.0897 e. The van der Waals surface area contributed by atoms with E-state index in [0.29, 0.717) is 26.4 Å². The molecule has 1 unspecified atom stereocenters. The van der Waals surface area contributed by atoms with Gasteiger partial charge in [0.05, 0.1) is 37.5 Å². The Balaban J connectivity index is 1.92. The summed E-state index contributed by atoms with van der Waals surface area (Å²) < 4.78 is 10.6. The second-order valence-corrected chi connectivity index (χ2v) is 5.22. The number of aromatic nitrogens is 1. The Kier molecular flexibility index (Phi) is 8.11. The van der Waals surface area contributed by atoms with Crippen LogP contribution in [0.2, 0.25) is 0 Å². The Morgan fingerprint density at radius 3 is 2.94 bits per heavy atom. The van der Waals surface area contributed by atoms with Crippen LogP contribution >= 0.6 is 11.3 Å². The van der Waals surface area contributed by atoms with Crippen LogP contribution in [0.5, 0.6) is 0 Å². The van der Waals surface area contributed by atoms with Gasteiger partial charge in [-0.15, -0.1) is 11.3 Å². The van der Waals surface area contributed by atoms with E-state index in [2.05, 4.69) is 10.3 Å². The maximum absolute atomic E-state index is 9.65. The van der Waals surface area contributed by atoms with E-state index in [4.69, 9.17) is 9.47 Å². The first kappa shape index (κ1) is 15.5. The van der Waals surface area contributed by atoms with Gasteiger partial charge >= 0.3 is 0 Å². The lowest BCUT2D eigenvalue weighted by atomic mass is 10.3. The summed E-state index contributed by atoms with van der Waals surface area (Å²) in [6, 6.07) is 0. The summed E-state index contributed by atoms with van der Waals surface area (Å²) in [5.74, 6) is 0. The lowest BCUT2D eigenvalue weighted by Crippen LogP contribution is -2.30. The molecular weight excluding hydrogens is 252 g/mol. The van der Waals surface area contributed by atoms with Crippen molar-refractivity contribution in [2.24, 2.45) is 0 Å². The fraction of sp³-hybridized carbons (Fsp3) is 0.750. The molecule has 0 aromatic carbocycles. The van der Waals surface area contributed by atoms with Gasteiger partial charge < -0.3 is 19.9 Å². The van der Waals surface area contributed by atoms with Crippen LogP contribution in [0.15, 0.2) is 11.7 Å². The molecule has 5 nitrogen and oxygen atoms in total. The van der Waals surface area contributed by atoms with Crippen molar-refractivity contribution in [1.82, 2.24) is 10.3 Å². The highest BCUT2D eigenvalue weighted by Gasteiger charge is 2.04. The zero-order chi connectivity index (χ0) is 13.2. The molecule has 1 heterocycles. The summed E-state index contributed by atoms with van der Waals surface area (Å²) >= 11 is 1.60. The van der Waals surface area contributed by atoms with E-state index in [-0.39, 0.29) is 6.10 Å². The van der Waals surface area contributed by atoms with Crippen molar-refractivity contribution in [1.29, 1.82) is 0 Å². The second kappa shape index (κ2) is 9.41. The Labute approximate surface area is 112 Å². The molecule has 0 radical (unpaired) electrons. The SMILES string of the molecule is CC(C)OCCOCC(O)CNCc1cncs1. The van der Waals surface area contributed by atoms with E-state index < -0.39 is 6.10 Å². The Morgan fingerprint density at radius 2 is 2.28 bits per heavy atom. The predicted octanol–water partition coefficient (Wildman–Crippen LogP) is 1.04. The summed E-state index contributed by atoms with van der Waals surface area (Å²) in [5, 5.41) is 12.8. The highest BCUT2D eigenvalue weighted by Crippen LogP contribution is 2.03. The normalized spacial score (nSPS) is 13.1. The standard InChI is InChI=1S/C12H22N2O3S/c1-10(2)17-4-3-16-8-11(15)5-13-6-12-7-14-9-18-12/h7,9-11,13,15H,3-6,8H2,1-2H3. The topological polar surface area (TPSA) is 63.6 Å². The molecule has 0 aliphatic carbocycles. The molecule has 0 fully saturated rings. The molecule has 18 heavy (non-hydrogen) atoms. The highest BCUT2D eigenvalue weighted by atomic mass is 32.1. The number of nitrogens with zero attached hydrogens (tertiary/aromatic N) is 1. The number of ether oxygens (including phenoxy) is 2. The van der Waals surface area contributed by atoms with Crippen molar-refractivity contribution in [2.45, 2.75) is 32.6 Å². The summed E-state index contributed by atoms with van der Waals surface area (Å²) in [6.45, 7) is 6.64. The van der Waals surface area contributed by atoms with E-state index in [1.165, 1.54) is 0 Å². The van der Waals surface area contributed by atoms with E-state index in [0.717, 1.165) is 11.4 Å². The largest absolute Gasteiger partial charge is 0.389 e. The monoisotopic (exact) mass is 274 g/mol. The summed E-state index contributed by atoms with van der Waals surface area (Å²) in [6.07, 6.45) is 1.56. The van der Waals surface area contributed by atoms with Crippen LogP contribution in [0.3, 0.4) is 0 Å². The summed E-state index contributed by atoms with van der Waals surface area (Å²) in [7, 11) is 0. The van der Waals surface area contributed by atoms with Crippen LogP contribution in [-0.4, -0.2) is 48.7 Å². The average molecular weight is 274 g/mol. The molecule has 0 aliphatic heterocycles. The van der Waals surface area contributed by atoms with E-state index >= 15 is 0 Å². The van der Waals surface area contributed by atoms with Gasteiger partial charge in [0, 0.05) is 24.2 Å². The fourth-order valence-electron chi connectivity index (χ4n) is 1.31. The first-order valence-corrected chi connectivity index (χ1v) is 7.02. The Bertz CT molecular complexity index is 294. The number of rotatable bonds is 10. The van der Waals surface area contributed by atoms with Crippen LogP contribution < -0.4 is 5.32 Å². The highest BCUT2D eigenvalue weighted by molar-refractivity contribution is 7.09. The van der Waals surface area contributed by atoms with Crippen molar-refractivity contribution in [3.8, 4) is 0 Å². The third-order valence-electron chi connectivity index (χ3n) is 2.15. The van der Waals surface area contributed by atoms with Gasteiger partial charge in [-0.1, -0.05) is 0 Å². The third-order valence-corrected chi connectivity index (χ3v) is 2.93. The first-order valence-electron chi connectivity index (χ1n) is 6.14. The second-order valence-electron chi connectivity index (χ2n) is 4.25. The van der Waals surface area contributed by atoms with Gasteiger partial charge in [0.1, 0.15) is 0 Å². The lowest BCUT2D eigenvalue weighted by Gasteiger charge is -2.12. The molecule has 1 aromatic rings. The number of nitrogens with one attached hydrogen (secondary N) is 1. The number of hydrogen-bond acceptors (Lipinski definition) is 6. The van der Waals surface area contributed by atoms with Gasteiger partial charge in [-0.25, -0.2) is 0 Å². The van der Waals surface area contributed by atoms with Crippen LogP contribution in [0.25, 0.3) is 0 Å². The molecule has 1 aromatic heterocycles. The molecule has 2 N–H and O–H groups in total. The molecule has 1 rings (SSSR count). The van der Waals surface area contributed by atoms with Crippen molar-refractivity contribution in [2.75, 3.05) is 26.4 Å². The first-order chi connectivity index (χ1) is 8.68. The zero-order valence-electron chi connectivity index (χ0n) is 11.0. The minimum absolute atomic E-state index is 0.222. The number of hydrogen-bond donors (Lipinski definition) is 2. The molecule has 0 spiro atoms. The van der Waals surface area contributed by atoms with E-state index in [9.17, 15) is 5.11 Å².